The first-order valence-electron chi connectivity index (χ1n) is 6.04. The van der Waals surface area contributed by atoms with Crippen LogP contribution in [0.25, 0.3) is 5.65 Å². The van der Waals surface area contributed by atoms with Gasteiger partial charge in [0.05, 0.1) is 6.20 Å². The molecule has 1 saturated carbocycles. The summed E-state index contributed by atoms with van der Waals surface area (Å²) in [5.41, 5.74) is 0.841. The van der Waals surface area contributed by atoms with Crippen LogP contribution in [0.3, 0.4) is 0 Å². The van der Waals surface area contributed by atoms with Gasteiger partial charge in [0.2, 0.25) is 0 Å². The lowest BCUT2D eigenvalue weighted by atomic mass is 10.1. The molecule has 90 valence electrons. The molecule has 2 atom stereocenters. The molecule has 2 aromatic heterocycles. The van der Waals surface area contributed by atoms with Gasteiger partial charge in [0, 0.05) is 30.8 Å². The fourth-order valence-electron chi connectivity index (χ4n) is 2.53. The van der Waals surface area contributed by atoms with E-state index in [4.69, 9.17) is 0 Å². The number of hydrogen-bond acceptors (Lipinski definition) is 4. The summed E-state index contributed by atoms with van der Waals surface area (Å²) in [5.74, 6) is 1.22. The minimum atomic E-state index is 0.257. The number of aromatic nitrogens is 3. The molecule has 1 aliphatic carbocycles. The Bertz CT molecular complexity index is 510. The van der Waals surface area contributed by atoms with Gasteiger partial charge >= 0.3 is 0 Å². The zero-order valence-electron chi connectivity index (χ0n) is 9.58. The molecule has 2 heterocycles. The molecule has 2 N–H and O–H groups in total. The van der Waals surface area contributed by atoms with Crippen molar-refractivity contribution in [1.82, 2.24) is 14.6 Å². The maximum absolute atomic E-state index is 9.28. The Labute approximate surface area is 99.5 Å². The van der Waals surface area contributed by atoms with Crippen LogP contribution in [0, 0.1) is 5.92 Å². The van der Waals surface area contributed by atoms with Crippen LogP contribution < -0.4 is 5.32 Å². The molecule has 0 aliphatic heterocycles. The molecule has 0 saturated heterocycles. The van der Waals surface area contributed by atoms with Crippen molar-refractivity contribution in [3.05, 3.63) is 24.5 Å². The van der Waals surface area contributed by atoms with Crippen LogP contribution in [0.1, 0.15) is 19.3 Å². The zero-order valence-corrected chi connectivity index (χ0v) is 9.58. The topological polar surface area (TPSA) is 62.5 Å². The minimum Gasteiger partial charge on any atom is -0.396 e. The van der Waals surface area contributed by atoms with E-state index in [1.54, 1.807) is 10.7 Å². The third-order valence-corrected chi connectivity index (χ3v) is 3.48. The lowest BCUT2D eigenvalue weighted by Gasteiger charge is -2.19. The summed E-state index contributed by atoms with van der Waals surface area (Å²) in [5, 5.41) is 16.8. The number of hydrogen-bond donors (Lipinski definition) is 2. The van der Waals surface area contributed by atoms with E-state index in [1.807, 2.05) is 18.3 Å². The van der Waals surface area contributed by atoms with E-state index in [0.717, 1.165) is 24.3 Å². The number of aliphatic hydroxyl groups is 1. The average molecular weight is 232 g/mol. The predicted molar refractivity (Wildman–Crippen MR) is 64.8 cm³/mol. The van der Waals surface area contributed by atoms with Gasteiger partial charge in [0.1, 0.15) is 5.82 Å². The largest absolute Gasteiger partial charge is 0.396 e. The highest BCUT2D eigenvalue weighted by Crippen LogP contribution is 2.27. The summed E-state index contributed by atoms with van der Waals surface area (Å²) in [4.78, 5) is 4.48. The quantitative estimate of drug-likeness (QED) is 0.837. The molecule has 5 heteroatoms. The van der Waals surface area contributed by atoms with E-state index in [0.29, 0.717) is 12.0 Å². The van der Waals surface area contributed by atoms with Crippen molar-refractivity contribution in [1.29, 1.82) is 0 Å². The number of rotatable bonds is 3. The number of anilines is 1. The fourth-order valence-corrected chi connectivity index (χ4v) is 2.53. The molecule has 3 rings (SSSR count). The highest BCUT2D eigenvalue weighted by molar-refractivity contribution is 5.46. The molecule has 0 aromatic carbocycles. The molecule has 2 unspecified atom stereocenters. The monoisotopic (exact) mass is 232 g/mol. The fraction of sp³-hybridized carbons (Fsp3) is 0.500. The molecular weight excluding hydrogens is 216 g/mol. The lowest BCUT2D eigenvalue weighted by Crippen LogP contribution is -2.26. The lowest BCUT2D eigenvalue weighted by molar-refractivity contribution is 0.222. The summed E-state index contributed by atoms with van der Waals surface area (Å²) < 4.78 is 1.74. The highest BCUT2D eigenvalue weighted by atomic mass is 16.3. The minimum absolute atomic E-state index is 0.257. The summed E-state index contributed by atoms with van der Waals surface area (Å²) in [6.07, 6.45) is 7.02. The Morgan fingerprint density at radius 3 is 3.24 bits per heavy atom. The summed E-state index contributed by atoms with van der Waals surface area (Å²) in [6.45, 7) is 0.257. The van der Waals surface area contributed by atoms with Crippen LogP contribution in [0.15, 0.2) is 24.5 Å². The molecule has 1 fully saturated rings. The van der Waals surface area contributed by atoms with Crippen LogP contribution in [0.4, 0.5) is 5.82 Å². The zero-order chi connectivity index (χ0) is 11.7. The van der Waals surface area contributed by atoms with E-state index in [-0.39, 0.29) is 6.61 Å². The van der Waals surface area contributed by atoms with Gasteiger partial charge in [-0.05, 0) is 18.9 Å². The molecular formula is C12H16N4O. The average Bonchev–Trinajstić information content (AvgIpc) is 2.96. The summed E-state index contributed by atoms with van der Waals surface area (Å²) in [7, 11) is 0. The van der Waals surface area contributed by atoms with Crippen molar-refractivity contribution in [3.63, 3.8) is 0 Å². The summed E-state index contributed by atoms with van der Waals surface area (Å²) in [6, 6.07) is 4.15. The van der Waals surface area contributed by atoms with Gasteiger partial charge < -0.3 is 10.4 Å². The number of nitrogens with one attached hydrogen (secondary N) is 1. The van der Waals surface area contributed by atoms with Gasteiger partial charge in [-0.25, -0.2) is 9.50 Å². The molecule has 0 amide bonds. The normalized spacial score (nSPS) is 24.3. The predicted octanol–water partition coefficient (Wildman–Crippen LogP) is 1.30. The van der Waals surface area contributed by atoms with Gasteiger partial charge in [0.15, 0.2) is 5.65 Å². The van der Waals surface area contributed by atoms with Crippen LogP contribution in [0.2, 0.25) is 0 Å². The highest BCUT2D eigenvalue weighted by Gasteiger charge is 2.26. The Morgan fingerprint density at radius 1 is 1.41 bits per heavy atom. The Balaban J connectivity index is 1.79. The van der Waals surface area contributed by atoms with Crippen LogP contribution in [0.5, 0.6) is 0 Å². The van der Waals surface area contributed by atoms with Crippen molar-refractivity contribution >= 4 is 11.5 Å². The molecule has 5 nitrogen and oxygen atoms in total. The SMILES string of the molecule is OCC1CCCC1Nc1ccn2nccc2n1. The van der Waals surface area contributed by atoms with Crippen molar-refractivity contribution < 1.29 is 5.11 Å². The van der Waals surface area contributed by atoms with Crippen molar-refractivity contribution in [2.75, 3.05) is 11.9 Å². The van der Waals surface area contributed by atoms with Crippen molar-refractivity contribution in [3.8, 4) is 0 Å². The van der Waals surface area contributed by atoms with E-state index in [9.17, 15) is 5.11 Å². The first-order valence-corrected chi connectivity index (χ1v) is 6.04. The van der Waals surface area contributed by atoms with Crippen LogP contribution >= 0.6 is 0 Å². The second-order valence-electron chi connectivity index (χ2n) is 4.57. The molecule has 0 bridgehead atoms. The van der Waals surface area contributed by atoms with Crippen LogP contribution in [-0.2, 0) is 0 Å². The molecule has 1 aliphatic rings. The van der Waals surface area contributed by atoms with E-state index >= 15 is 0 Å². The van der Waals surface area contributed by atoms with Gasteiger partial charge in [-0.15, -0.1) is 0 Å². The number of fused-ring (bicyclic) bond motifs is 1. The van der Waals surface area contributed by atoms with E-state index in [1.165, 1.54) is 6.42 Å². The first-order chi connectivity index (χ1) is 8.36. The Kier molecular flexibility index (Phi) is 2.68. The van der Waals surface area contributed by atoms with Gasteiger partial charge in [-0.1, -0.05) is 6.42 Å². The standard InChI is InChI=1S/C12H16N4O/c17-8-9-2-1-3-10(9)14-11-5-7-16-12(15-11)4-6-13-16/h4-7,9-10,17H,1-3,8H2,(H,14,15). The number of aliphatic hydroxyl groups excluding tert-OH is 1. The van der Waals surface area contributed by atoms with Gasteiger partial charge in [-0.3, -0.25) is 0 Å². The van der Waals surface area contributed by atoms with Crippen molar-refractivity contribution in [2.24, 2.45) is 5.92 Å². The van der Waals surface area contributed by atoms with Gasteiger partial charge in [-0.2, -0.15) is 5.10 Å². The Hall–Kier alpha value is -1.62. The third-order valence-electron chi connectivity index (χ3n) is 3.48. The second kappa shape index (κ2) is 4.33. The van der Waals surface area contributed by atoms with Gasteiger partial charge in [0.25, 0.3) is 0 Å². The van der Waals surface area contributed by atoms with E-state index in [2.05, 4.69) is 15.4 Å². The Morgan fingerprint density at radius 2 is 2.35 bits per heavy atom. The maximum Gasteiger partial charge on any atom is 0.157 e. The first kappa shape index (κ1) is 10.5. The van der Waals surface area contributed by atoms with Crippen LogP contribution in [-0.4, -0.2) is 32.4 Å². The smallest absolute Gasteiger partial charge is 0.157 e. The third kappa shape index (κ3) is 1.98. The molecule has 17 heavy (non-hydrogen) atoms. The molecule has 0 spiro atoms. The second-order valence-corrected chi connectivity index (χ2v) is 4.57. The number of nitrogens with zero attached hydrogens (tertiary/aromatic N) is 3. The molecule has 0 radical (unpaired) electrons. The van der Waals surface area contributed by atoms with E-state index < -0.39 is 0 Å². The summed E-state index contributed by atoms with van der Waals surface area (Å²) >= 11 is 0. The van der Waals surface area contributed by atoms with Crippen molar-refractivity contribution in [2.45, 2.75) is 25.3 Å². The molecule has 2 aromatic rings. The maximum atomic E-state index is 9.28.